The zero-order chi connectivity index (χ0) is 23.9. The van der Waals surface area contributed by atoms with Gasteiger partial charge in [0.2, 0.25) is 5.91 Å². The molecule has 8 nitrogen and oxygen atoms in total. The maximum Gasteiger partial charge on any atom is 0.268 e. The van der Waals surface area contributed by atoms with Gasteiger partial charge in [-0.25, -0.2) is 0 Å². The molecule has 2 atom stereocenters. The molecule has 0 heterocycles. The van der Waals surface area contributed by atoms with E-state index in [1.54, 1.807) is 0 Å². The third kappa shape index (κ3) is 22.2. The molecule has 32 heavy (non-hydrogen) atoms. The molecule has 0 aromatic carbocycles. The molecule has 0 saturated carbocycles. The number of aliphatic hydroxyl groups is 2. The van der Waals surface area contributed by atoms with Crippen LogP contribution in [-0.4, -0.2) is 48.6 Å². The second-order valence-electron chi connectivity index (χ2n) is 7.74. The molecule has 0 aliphatic carbocycles. The Bertz CT molecular complexity index is 554. The fourth-order valence-corrected chi connectivity index (χ4v) is 3.54. The third-order valence-corrected chi connectivity index (χ3v) is 5.63. The minimum Gasteiger partial charge on any atom is -0.756 e. The van der Waals surface area contributed by atoms with Crippen molar-refractivity contribution in [2.75, 3.05) is 26.4 Å². The Morgan fingerprint density at radius 3 is 2.28 bits per heavy atom. The molecule has 0 rings (SSSR count). The lowest BCUT2D eigenvalue weighted by molar-refractivity contribution is -0.227. The van der Waals surface area contributed by atoms with Crippen molar-refractivity contribution in [1.82, 2.24) is 5.32 Å². The van der Waals surface area contributed by atoms with Crippen molar-refractivity contribution in [3.05, 3.63) is 24.3 Å². The van der Waals surface area contributed by atoms with Gasteiger partial charge in [0.1, 0.15) is 6.10 Å². The highest BCUT2D eigenvalue weighted by molar-refractivity contribution is 7.45. The fourth-order valence-electron chi connectivity index (χ4n) is 2.80. The Labute approximate surface area is 193 Å². The highest BCUT2D eigenvalue weighted by Gasteiger charge is 2.12. The number of allylic oxidation sites excluding steroid dienone is 4. The molecular weight excluding hydrogens is 433 g/mol. The van der Waals surface area contributed by atoms with Crippen LogP contribution in [0.1, 0.15) is 84.0 Å². The average molecular weight is 477 g/mol. The van der Waals surface area contributed by atoms with Crippen LogP contribution in [0.5, 0.6) is 0 Å². The summed E-state index contributed by atoms with van der Waals surface area (Å²) in [5.41, 5.74) is 0. The summed E-state index contributed by atoms with van der Waals surface area (Å²) in [6, 6.07) is 0. The monoisotopic (exact) mass is 476 g/mol. The highest BCUT2D eigenvalue weighted by Crippen LogP contribution is 2.37. The largest absolute Gasteiger partial charge is 0.756 e. The van der Waals surface area contributed by atoms with E-state index in [1.807, 2.05) is 0 Å². The zero-order valence-electron chi connectivity index (χ0n) is 19.6. The van der Waals surface area contributed by atoms with Crippen LogP contribution in [-0.2, 0) is 18.4 Å². The van der Waals surface area contributed by atoms with Crippen LogP contribution >= 0.6 is 7.82 Å². The van der Waals surface area contributed by atoms with E-state index in [0.29, 0.717) is 6.42 Å². The van der Waals surface area contributed by atoms with E-state index in [2.05, 4.69) is 45.6 Å². The summed E-state index contributed by atoms with van der Waals surface area (Å²) in [5, 5.41) is 20.2. The molecule has 0 bridgehead atoms. The normalized spacial score (nSPS) is 14.8. The van der Waals surface area contributed by atoms with Crippen molar-refractivity contribution in [3.8, 4) is 0 Å². The van der Waals surface area contributed by atoms with Gasteiger partial charge >= 0.3 is 0 Å². The molecule has 1 unspecified atom stereocenters. The van der Waals surface area contributed by atoms with Crippen molar-refractivity contribution in [1.29, 1.82) is 0 Å². The number of carbonyl (C=O) groups excluding carboxylic acids is 1. The molecule has 3 N–H and O–H groups in total. The average Bonchev–Trinajstić information content (AvgIpc) is 2.77. The maximum atomic E-state index is 11.7. The number of carbonyl (C=O) groups is 1. The van der Waals surface area contributed by atoms with Crippen LogP contribution in [0.2, 0.25) is 0 Å². The molecule has 0 aromatic heterocycles. The number of amides is 1. The molecule has 0 radical (unpaired) electrons. The first-order valence-electron chi connectivity index (χ1n) is 11.9. The van der Waals surface area contributed by atoms with Crippen molar-refractivity contribution < 1.29 is 33.5 Å². The number of hydrogen-bond donors (Lipinski definition) is 3. The molecule has 1 amide bonds. The first-order chi connectivity index (χ1) is 15.4. The molecule has 0 saturated heterocycles. The smallest absolute Gasteiger partial charge is 0.268 e. The molecule has 0 aromatic rings. The minimum atomic E-state index is -4.55. The first kappa shape index (κ1) is 31.0. The predicted octanol–water partition coefficient (Wildman–Crippen LogP) is 3.77. The number of phosphoric ester groups is 1. The second kappa shape index (κ2) is 21.8. The first-order valence-corrected chi connectivity index (χ1v) is 13.3. The lowest BCUT2D eigenvalue weighted by Crippen LogP contribution is -2.28. The van der Waals surface area contributed by atoms with Gasteiger partial charge in [-0.2, -0.15) is 0 Å². The maximum absolute atomic E-state index is 11.7. The Hall–Kier alpha value is -1.02. The summed E-state index contributed by atoms with van der Waals surface area (Å²) >= 11 is 0. The number of aliphatic hydroxyl groups excluding tert-OH is 2. The van der Waals surface area contributed by atoms with E-state index in [1.165, 1.54) is 25.7 Å². The standard InChI is InChI=1S/C23H44NO7P/c1-2-3-4-5-6-7-8-9-10-11-12-13-14-15-16-17-23(27)24-18-19-30-32(28,29)31-21-22(26)20-25/h6-7,9-10,22,25-26H,2-5,8,11-21H2,1H3,(H,24,27)(H,28,29)/p-1/b7-6-,10-9-/t22-/m1/s1. The van der Waals surface area contributed by atoms with Crippen LogP contribution < -0.4 is 10.2 Å². The van der Waals surface area contributed by atoms with E-state index in [0.717, 1.165) is 44.9 Å². The SMILES string of the molecule is CCCCC/C=C\C/C=C\CCCCCCCC(=O)NCCOP(=O)([O-])OC[C@H](O)CO. The molecule has 0 fully saturated rings. The van der Waals surface area contributed by atoms with E-state index in [-0.39, 0.29) is 19.1 Å². The summed E-state index contributed by atoms with van der Waals surface area (Å²) in [6.45, 7) is 0.845. The quantitative estimate of drug-likeness (QED) is 0.123. The summed E-state index contributed by atoms with van der Waals surface area (Å²) in [4.78, 5) is 23.1. The number of phosphoric acid groups is 1. The topological polar surface area (TPSA) is 128 Å². The Balaban J connectivity index is 3.49. The Kier molecular flexibility index (Phi) is 21.1. The van der Waals surface area contributed by atoms with Crippen LogP contribution in [0.4, 0.5) is 0 Å². The van der Waals surface area contributed by atoms with E-state index < -0.39 is 27.1 Å². The molecule has 0 aliphatic heterocycles. The van der Waals surface area contributed by atoms with Crippen molar-refractivity contribution in [2.24, 2.45) is 0 Å². The van der Waals surface area contributed by atoms with E-state index in [9.17, 15) is 14.3 Å². The summed E-state index contributed by atoms with van der Waals surface area (Å²) in [6.07, 6.45) is 20.4. The fraction of sp³-hybridized carbons (Fsp3) is 0.783. The number of rotatable bonds is 22. The van der Waals surface area contributed by atoms with Gasteiger partial charge in [0.15, 0.2) is 0 Å². The summed E-state index contributed by atoms with van der Waals surface area (Å²) in [7, 11) is -4.55. The molecule has 9 heteroatoms. The number of hydrogen-bond acceptors (Lipinski definition) is 7. The van der Waals surface area contributed by atoms with Crippen LogP contribution in [0.3, 0.4) is 0 Å². The summed E-state index contributed by atoms with van der Waals surface area (Å²) in [5.74, 6) is -0.142. The van der Waals surface area contributed by atoms with Gasteiger partial charge in [-0.05, 0) is 38.5 Å². The van der Waals surface area contributed by atoms with E-state index in [4.69, 9.17) is 10.2 Å². The lowest BCUT2D eigenvalue weighted by atomic mass is 10.1. The number of unbranched alkanes of at least 4 members (excludes halogenated alkanes) is 8. The summed E-state index contributed by atoms with van der Waals surface area (Å²) < 4.78 is 20.4. The molecule has 188 valence electrons. The van der Waals surface area contributed by atoms with E-state index >= 15 is 0 Å². The minimum absolute atomic E-state index is 0.0528. The second-order valence-corrected chi connectivity index (χ2v) is 9.15. The van der Waals surface area contributed by atoms with Gasteiger partial charge in [0.25, 0.3) is 7.82 Å². The van der Waals surface area contributed by atoms with Crippen LogP contribution in [0.15, 0.2) is 24.3 Å². The van der Waals surface area contributed by atoms with Gasteiger partial charge in [0.05, 0.1) is 19.8 Å². The highest BCUT2D eigenvalue weighted by atomic mass is 31.2. The lowest BCUT2D eigenvalue weighted by Gasteiger charge is -2.23. The van der Waals surface area contributed by atoms with Gasteiger partial charge in [-0.15, -0.1) is 0 Å². The van der Waals surface area contributed by atoms with Gasteiger partial charge in [0, 0.05) is 13.0 Å². The molecule has 0 aliphatic rings. The van der Waals surface area contributed by atoms with Gasteiger partial charge < -0.3 is 29.5 Å². The zero-order valence-corrected chi connectivity index (χ0v) is 20.5. The molecular formula is C23H43NO7P-. The van der Waals surface area contributed by atoms with Gasteiger partial charge in [-0.1, -0.05) is 63.3 Å². The Morgan fingerprint density at radius 2 is 1.62 bits per heavy atom. The van der Waals surface area contributed by atoms with Crippen LogP contribution in [0.25, 0.3) is 0 Å². The predicted molar refractivity (Wildman–Crippen MR) is 125 cm³/mol. The van der Waals surface area contributed by atoms with Crippen LogP contribution in [0, 0.1) is 0 Å². The van der Waals surface area contributed by atoms with Gasteiger partial charge in [-0.3, -0.25) is 9.36 Å². The van der Waals surface area contributed by atoms with Crippen molar-refractivity contribution >= 4 is 13.7 Å². The molecule has 0 spiro atoms. The third-order valence-electron chi connectivity index (χ3n) is 4.66. The number of nitrogens with one attached hydrogen (secondary N) is 1. The van der Waals surface area contributed by atoms with Crippen molar-refractivity contribution in [3.63, 3.8) is 0 Å². The Morgan fingerprint density at radius 1 is 1.00 bits per heavy atom. The van der Waals surface area contributed by atoms with Crippen molar-refractivity contribution in [2.45, 2.75) is 90.1 Å².